The summed E-state index contributed by atoms with van der Waals surface area (Å²) in [5.41, 5.74) is 0.922. The number of hydrogen-bond donors (Lipinski definition) is 1. The predicted octanol–water partition coefficient (Wildman–Crippen LogP) is 1.30. The molecule has 1 heterocycles. The molecule has 2 rings (SSSR count). The monoisotopic (exact) mass is 347 g/mol. The lowest BCUT2D eigenvalue weighted by molar-refractivity contribution is -0.132. The second-order valence-corrected chi connectivity index (χ2v) is 6.56. The van der Waals surface area contributed by atoms with E-state index < -0.39 is 0 Å². The second-order valence-electron chi connectivity index (χ2n) is 6.56. The van der Waals surface area contributed by atoms with Gasteiger partial charge in [-0.3, -0.25) is 14.5 Å². The van der Waals surface area contributed by atoms with Gasteiger partial charge in [-0.15, -0.1) is 0 Å². The van der Waals surface area contributed by atoms with Gasteiger partial charge in [0.2, 0.25) is 11.8 Å². The van der Waals surface area contributed by atoms with Crippen molar-refractivity contribution in [2.24, 2.45) is 0 Å². The van der Waals surface area contributed by atoms with Crippen LogP contribution in [0.2, 0.25) is 0 Å². The number of nitrogens with zero attached hydrogens (tertiary/aromatic N) is 2. The zero-order valence-electron chi connectivity index (χ0n) is 15.5. The SMILES string of the molecule is CCNC(=O)CN1CCN(C(=O)Cc2ccccc2OC(C)C)CC1. The minimum atomic E-state index is 0.0436. The number of piperazine rings is 1. The minimum absolute atomic E-state index is 0.0436. The van der Waals surface area contributed by atoms with Gasteiger partial charge in [-0.1, -0.05) is 18.2 Å². The first-order valence-corrected chi connectivity index (χ1v) is 9.01. The molecule has 1 saturated heterocycles. The van der Waals surface area contributed by atoms with Crippen molar-refractivity contribution in [3.8, 4) is 5.75 Å². The van der Waals surface area contributed by atoms with Crippen LogP contribution in [0.5, 0.6) is 5.75 Å². The maximum atomic E-state index is 12.6. The largest absolute Gasteiger partial charge is 0.491 e. The van der Waals surface area contributed by atoms with E-state index in [1.165, 1.54) is 0 Å². The lowest BCUT2D eigenvalue weighted by Gasteiger charge is -2.34. The van der Waals surface area contributed by atoms with Crippen molar-refractivity contribution in [3.63, 3.8) is 0 Å². The van der Waals surface area contributed by atoms with Crippen LogP contribution in [0.1, 0.15) is 26.3 Å². The van der Waals surface area contributed by atoms with Gasteiger partial charge in [0, 0.05) is 38.3 Å². The number of benzene rings is 1. The first-order valence-electron chi connectivity index (χ1n) is 9.01. The minimum Gasteiger partial charge on any atom is -0.491 e. The zero-order chi connectivity index (χ0) is 18.2. The molecule has 1 N–H and O–H groups in total. The summed E-state index contributed by atoms with van der Waals surface area (Å²) in [4.78, 5) is 28.2. The molecule has 1 aliphatic rings. The third-order valence-corrected chi connectivity index (χ3v) is 4.14. The summed E-state index contributed by atoms with van der Waals surface area (Å²) >= 11 is 0. The number of hydrogen-bond acceptors (Lipinski definition) is 4. The van der Waals surface area contributed by atoms with Crippen LogP contribution in [0.25, 0.3) is 0 Å². The quantitative estimate of drug-likeness (QED) is 0.808. The van der Waals surface area contributed by atoms with Crippen molar-refractivity contribution in [3.05, 3.63) is 29.8 Å². The molecule has 1 fully saturated rings. The highest BCUT2D eigenvalue weighted by Gasteiger charge is 2.23. The Balaban J connectivity index is 1.86. The van der Waals surface area contributed by atoms with Crippen molar-refractivity contribution >= 4 is 11.8 Å². The number of rotatable bonds is 7. The fourth-order valence-electron chi connectivity index (χ4n) is 2.91. The van der Waals surface area contributed by atoms with E-state index in [-0.39, 0.29) is 17.9 Å². The molecule has 6 nitrogen and oxygen atoms in total. The highest BCUT2D eigenvalue weighted by Crippen LogP contribution is 2.20. The van der Waals surface area contributed by atoms with Crippen LogP contribution in [0.4, 0.5) is 0 Å². The van der Waals surface area contributed by atoms with Gasteiger partial charge < -0.3 is 15.0 Å². The van der Waals surface area contributed by atoms with Gasteiger partial charge in [-0.05, 0) is 26.8 Å². The first kappa shape index (κ1) is 19.2. The van der Waals surface area contributed by atoms with Gasteiger partial charge in [0.25, 0.3) is 0 Å². The molecular formula is C19H29N3O3. The van der Waals surface area contributed by atoms with Gasteiger partial charge in [-0.25, -0.2) is 0 Å². The molecule has 0 radical (unpaired) electrons. The van der Waals surface area contributed by atoms with Crippen molar-refractivity contribution in [1.82, 2.24) is 15.1 Å². The number of nitrogens with one attached hydrogen (secondary N) is 1. The summed E-state index contributed by atoms with van der Waals surface area (Å²) in [5, 5.41) is 2.81. The van der Waals surface area contributed by atoms with Crippen molar-refractivity contribution in [1.29, 1.82) is 0 Å². The number of carbonyl (C=O) groups excluding carboxylic acids is 2. The lowest BCUT2D eigenvalue weighted by Crippen LogP contribution is -2.51. The Kier molecular flexibility index (Phi) is 7.25. The van der Waals surface area contributed by atoms with Gasteiger partial charge >= 0.3 is 0 Å². The molecule has 0 unspecified atom stereocenters. The van der Waals surface area contributed by atoms with Crippen molar-refractivity contribution in [2.45, 2.75) is 33.3 Å². The first-order chi connectivity index (χ1) is 12.0. The highest BCUT2D eigenvalue weighted by molar-refractivity contribution is 5.80. The Morgan fingerprint density at radius 3 is 2.48 bits per heavy atom. The van der Waals surface area contributed by atoms with E-state index in [1.807, 2.05) is 49.9 Å². The summed E-state index contributed by atoms with van der Waals surface area (Å²) in [6.45, 7) is 9.70. The summed E-state index contributed by atoms with van der Waals surface area (Å²) in [5.74, 6) is 0.931. The van der Waals surface area contributed by atoms with E-state index in [1.54, 1.807) is 0 Å². The summed E-state index contributed by atoms with van der Waals surface area (Å²) in [7, 11) is 0. The highest BCUT2D eigenvalue weighted by atomic mass is 16.5. The Bertz CT molecular complexity index is 581. The molecule has 0 aliphatic carbocycles. The predicted molar refractivity (Wildman–Crippen MR) is 97.6 cm³/mol. The van der Waals surface area contributed by atoms with Gasteiger partial charge in [0.05, 0.1) is 19.1 Å². The molecule has 2 amide bonds. The van der Waals surface area contributed by atoms with Crippen LogP contribution in [-0.4, -0.2) is 67.0 Å². The molecular weight excluding hydrogens is 318 g/mol. The number of amides is 2. The molecule has 0 spiro atoms. The van der Waals surface area contributed by atoms with Gasteiger partial charge in [-0.2, -0.15) is 0 Å². The van der Waals surface area contributed by atoms with Crippen molar-refractivity contribution < 1.29 is 14.3 Å². The normalized spacial score (nSPS) is 15.3. The number of likely N-dealkylation sites (N-methyl/N-ethyl adjacent to an activating group) is 1. The fourth-order valence-corrected chi connectivity index (χ4v) is 2.91. The second kappa shape index (κ2) is 9.42. The van der Waals surface area contributed by atoms with E-state index >= 15 is 0 Å². The Hall–Kier alpha value is -2.08. The molecule has 0 aromatic heterocycles. The molecule has 138 valence electrons. The van der Waals surface area contributed by atoms with E-state index in [0.717, 1.165) is 24.4 Å². The Morgan fingerprint density at radius 1 is 1.16 bits per heavy atom. The molecule has 0 saturated carbocycles. The van der Waals surface area contributed by atoms with Crippen LogP contribution >= 0.6 is 0 Å². The van der Waals surface area contributed by atoms with E-state index in [9.17, 15) is 9.59 Å². The number of ether oxygens (including phenoxy) is 1. The van der Waals surface area contributed by atoms with Gasteiger partial charge in [0.1, 0.15) is 5.75 Å². The number of carbonyl (C=O) groups is 2. The smallest absolute Gasteiger partial charge is 0.234 e. The van der Waals surface area contributed by atoms with E-state index in [4.69, 9.17) is 4.74 Å². The van der Waals surface area contributed by atoms with Crippen LogP contribution in [0.3, 0.4) is 0 Å². The molecule has 6 heteroatoms. The topological polar surface area (TPSA) is 61.9 Å². The third-order valence-electron chi connectivity index (χ3n) is 4.14. The zero-order valence-corrected chi connectivity index (χ0v) is 15.5. The lowest BCUT2D eigenvalue weighted by atomic mass is 10.1. The van der Waals surface area contributed by atoms with Crippen LogP contribution in [0, 0.1) is 0 Å². The number of para-hydroxylation sites is 1. The molecule has 25 heavy (non-hydrogen) atoms. The molecule has 1 aromatic rings. The third kappa shape index (κ3) is 6.05. The summed E-state index contributed by atoms with van der Waals surface area (Å²) in [6.07, 6.45) is 0.424. The molecule has 1 aromatic carbocycles. The van der Waals surface area contributed by atoms with Gasteiger partial charge in [0.15, 0.2) is 0 Å². The average molecular weight is 347 g/mol. The molecule has 0 atom stereocenters. The Morgan fingerprint density at radius 2 is 1.84 bits per heavy atom. The standard InChI is InChI=1S/C19H29N3O3/c1-4-20-18(23)14-21-9-11-22(12-10-21)19(24)13-16-7-5-6-8-17(16)25-15(2)3/h5-8,15H,4,9-14H2,1-3H3,(H,20,23). The fraction of sp³-hybridized carbons (Fsp3) is 0.579. The van der Waals surface area contributed by atoms with E-state index in [2.05, 4.69) is 10.2 Å². The summed E-state index contributed by atoms with van der Waals surface area (Å²) in [6, 6.07) is 7.71. The Labute approximate surface area is 150 Å². The van der Waals surface area contributed by atoms with Crippen LogP contribution < -0.4 is 10.1 Å². The maximum Gasteiger partial charge on any atom is 0.234 e. The van der Waals surface area contributed by atoms with Crippen LogP contribution in [0.15, 0.2) is 24.3 Å². The summed E-state index contributed by atoms with van der Waals surface area (Å²) < 4.78 is 5.79. The molecule has 1 aliphatic heterocycles. The maximum absolute atomic E-state index is 12.6. The van der Waals surface area contributed by atoms with E-state index in [0.29, 0.717) is 32.6 Å². The van der Waals surface area contributed by atoms with Crippen LogP contribution in [-0.2, 0) is 16.0 Å². The molecule has 0 bridgehead atoms. The van der Waals surface area contributed by atoms with Crippen molar-refractivity contribution in [2.75, 3.05) is 39.3 Å². The average Bonchev–Trinajstić information content (AvgIpc) is 2.57.